The van der Waals surface area contributed by atoms with Gasteiger partial charge in [-0.1, -0.05) is 5.16 Å². The molecule has 1 aliphatic heterocycles. The number of hydrogen-bond acceptors (Lipinski definition) is 7. The van der Waals surface area contributed by atoms with Gasteiger partial charge in [-0.05, 0) is 19.2 Å². The summed E-state index contributed by atoms with van der Waals surface area (Å²) in [6.45, 7) is 2.82. The first-order valence-electron chi connectivity index (χ1n) is 7.03. The minimum atomic E-state index is 0. The van der Waals surface area contributed by atoms with Crippen LogP contribution in [0.3, 0.4) is 0 Å². The number of pyridine rings is 1. The van der Waals surface area contributed by atoms with Crippen molar-refractivity contribution >= 4 is 18.2 Å². The molecule has 22 heavy (non-hydrogen) atoms. The Morgan fingerprint density at radius 2 is 2.23 bits per heavy atom. The number of nitrogens with one attached hydrogen (secondary N) is 1. The molecule has 1 atom stereocenters. The van der Waals surface area contributed by atoms with Crippen molar-refractivity contribution in [3.63, 3.8) is 0 Å². The zero-order valence-electron chi connectivity index (χ0n) is 13.0. The number of likely N-dealkylation sites (N-methyl/N-ethyl adjacent to an activating group) is 1. The van der Waals surface area contributed by atoms with Crippen LogP contribution in [0.25, 0.3) is 11.5 Å². The van der Waals surface area contributed by atoms with Crippen molar-refractivity contribution in [2.45, 2.75) is 6.04 Å². The maximum absolute atomic E-state index is 5.43. The van der Waals surface area contributed by atoms with Crippen LogP contribution in [0.1, 0.15) is 11.9 Å². The summed E-state index contributed by atoms with van der Waals surface area (Å²) in [6.07, 6.45) is 1.75. The average molecular weight is 325 g/mol. The van der Waals surface area contributed by atoms with E-state index in [2.05, 4.69) is 32.4 Å². The number of halogens is 1. The van der Waals surface area contributed by atoms with Crippen LogP contribution in [-0.4, -0.2) is 60.8 Å². The minimum absolute atomic E-state index is 0. The lowest BCUT2D eigenvalue weighted by Gasteiger charge is -2.30. The van der Waals surface area contributed by atoms with E-state index in [-0.39, 0.29) is 18.4 Å². The molecule has 120 valence electrons. The van der Waals surface area contributed by atoms with E-state index in [1.54, 1.807) is 6.20 Å². The van der Waals surface area contributed by atoms with Crippen LogP contribution < -0.4 is 10.2 Å². The fourth-order valence-corrected chi connectivity index (χ4v) is 2.38. The van der Waals surface area contributed by atoms with Crippen LogP contribution in [-0.2, 0) is 0 Å². The summed E-state index contributed by atoms with van der Waals surface area (Å²) in [5.74, 6) is 2.13. The number of hydrogen-bond donors (Lipinski definition) is 1. The van der Waals surface area contributed by atoms with Crippen molar-refractivity contribution in [1.82, 2.24) is 25.3 Å². The molecule has 1 aliphatic rings. The average Bonchev–Trinajstić information content (AvgIpc) is 2.97. The van der Waals surface area contributed by atoms with Gasteiger partial charge in [0.2, 0.25) is 0 Å². The van der Waals surface area contributed by atoms with Gasteiger partial charge in [-0.15, -0.1) is 12.4 Å². The van der Waals surface area contributed by atoms with Crippen molar-refractivity contribution in [2.75, 3.05) is 45.7 Å². The Kier molecular flexibility index (Phi) is 5.33. The maximum Gasteiger partial charge on any atom is 0.258 e. The van der Waals surface area contributed by atoms with Gasteiger partial charge in [0, 0.05) is 45.5 Å². The van der Waals surface area contributed by atoms with Crippen LogP contribution >= 0.6 is 12.4 Å². The Balaban J connectivity index is 0.00000176. The van der Waals surface area contributed by atoms with Crippen molar-refractivity contribution in [2.24, 2.45) is 0 Å². The summed E-state index contributed by atoms with van der Waals surface area (Å²) >= 11 is 0. The standard InChI is InChI=1S/C14H20N6O.ClH/c1-19(2)12-8-10(4-5-16-12)14-17-13(18-21-14)11-9-15-6-7-20(11)3;/h4-5,8,11,15H,6-7,9H2,1-3H3;1H. The number of rotatable bonds is 3. The van der Waals surface area contributed by atoms with Crippen molar-refractivity contribution < 1.29 is 4.52 Å². The number of aromatic nitrogens is 3. The van der Waals surface area contributed by atoms with Gasteiger partial charge in [0.25, 0.3) is 5.89 Å². The van der Waals surface area contributed by atoms with Gasteiger partial charge in [0.1, 0.15) is 5.82 Å². The van der Waals surface area contributed by atoms with Crippen LogP contribution in [0.4, 0.5) is 5.82 Å². The molecule has 2 aromatic rings. The maximum atomic E-state index is 5.43. The monoisotopic (exact) mass is 324 g/mol. The normalized spacial score (nSPS) is 18.8. The molecule has 3 heterocycles. The molecule has 0 aromatic carbocycles. The molecular formula is C14H21ClN6O. The molecule has 0 amide bonds. The second-order valence-electron chi connectivity index (χ2n) is 5.46. The highest BCUT2D eigenvalue weighted by Crippen LogP contribution is 2.24. The molecule has 8 heteroatoms. The van der Waals surface area contributed by atoms with Gasteiger partial charge < -0.3 is 14.7 Å². The van der Waals surface area contributed by atoms with E-state index in [9.17, 15) is 0 Å². The Bertz CT molecular complexity index is 617. The fourth-order valence-electron chi connectivity index (χ4n) is 2.38. The number of piperazine rings is 1. The Hall–Kier alpha value is -1.70. The second kappa shape index (κ2) is 7.04. The highest BCUT2D eigenvalue weighted by atomic mass is 35.5. The van der Waals surface area contributed by atoms with Gasteiger partial charge in [0.05, 0.1) is 6.04 Å². The van der Waals surface area contributed by atoms with E-state index in [0.717, 1.165) is 36.8 Å². The summed E-state index contributed by atoms with van der Waals surface area (Å²) in [6, 6.07) is 3.99. The highest BCUT2D eigenvalue weighted by Gasteiger charge is 2.25. The molecule has 1 unspecified atom stereocenters. The first-order chi connectivity index (χ1) is 10.1. The Labute approximate surface area is 136 Å². The van der Waals surface area contributed by atoms with Crippen molar-refractivity contribution in [1.29, 1.82) is 0 Å². The molecule has 1 saturated heterocycles. The van der Waals surface area contributed by atoms with Crippen LogP contribution in [0.5, 0.6) is 0 Å². The molecule has 1 fully saturated rings. The molecule has 0 radical (unpaired) electrons. The molecule has 0 saturated carbocycles. The molecule has 0 bridgehead atoms. The first kappa shape index (κ1) is 16.7. The van der Waals surface area contributed by atoms with Gasteiger partial charge in [0.15, 0.2) is 5.82 Å². The van der Waals surface area contributed by atoms with Crippen LogP contribution in [0, 0.1) is 0 Å². The molecule has 1 N–H and O–H groups in total. The van der Waals surface area contributed by atoms with E-state index in [0.29, 0.717) is 5.89 Å². The first-order valence-corrected chi connectivity index (χ1v) is 7.03. The van der Waals surface area contributed by atoms with E-state index < -0.39 is 0 Å². The van der Waals surface area contributed by atoms with Crippen molar-refractivity contribution in [3.8, 4) is 11.5 Å². The topological polar surface area (TPSA) is 70.3 Å². The van der Waals surface area contributed by atoms with E-state index >= 15 is 0 Å². The van der Waals surface area contributed by atoms with Crippen LogP contribution in [0.2, 0.25) is 0 Å². The summed E-state index contributed by atoms with van der Waals surface area (Å²) < 4.78 is 5.43. The number of nitrogens with zero attached hydrogens (tertiary/aromatic N) is 5. The van der Waals surface area contributed by atoms with Gasteiger partial charge in [-0.2, -0.15) is 4.98 Å². The minimum Gasteiger partial charge on any atom is -0.363 e. The SMILES string of the molecule is CN(C)c1cc(-c2nc(C3CNCCN3C)no2)ccn1.Cl. The Morgan fingerprint density at radius 3 is 2.95 bits per heavy atom. The fraction of sp³-hybridized carbons (Fsp3) is 0.500. The van der Waals surface area contributed by atoms with Gasteiger partial charge >= 0.3 is 0 Å². The lowest BCUT2D eigenvalue weighted by Crippen LogP contribution is -2.44. The predicted molar refractivity (Wildman–Crippen MR) is 87.3 cm³/mol. The van der Waals surface area contributed by atoms with Crippen LogP contribution in [0.15, 0.2) is 22.9 Å². The zero-order valence-corrected chi connectivity index (χ0v) is 13.8. The van der Waals surface area contributed by atoms with Gasteiger partial charge in [-0.3, -0.25) is 4.90 Å². The lowest BCUT2D eigenvalue weighted by molar-refractivity contribution is 0.190. The molecule has 2 aromatic heterocycles. The second-order valence-corrected chi connectivity index (χ2v) is 5.46. The zero-order chi connectivity index (χ0) is 14.8. The van der Waals surface area contributed by atoms with Gasteiger partial charge in [-0.25, -0.2) is 4.98 Å². The summed E-state index contributed by atoms with van der Waals surface area (Å²) in [7, 11) is 5.99. The third kappa shape index (κ3) is 3.37. The smallest absolute Gasteiger partial charge is 0.258 e. The molecular weight excluding hydrogens is 304 g/mol. The van der Waals surface area contributed by atoms with E-state index in [1.165, 1.54) is 0 Å². The van der Waals surface area contributed by atoms with E-state index in [4.69, 9.17) is 4.52 Å². The summed E-state index contributed by atoms with van der Waals surface area (Å²) in [5, 5.41) is 7.50. The summed E-state index contributed by atoms with van der Waals surface area (Å²) in [5.41, 5.74) is 0.888. The lowest BCUT2D eigenvalue weighted by atomic mass is 10.2. The predicted octanol–water partition coefficient (Wildman–Crippen LogP) is 1.20. The number of anilines is 1. The van der Waals surface area contributed by atoms with E-state index in [1.807, 2.05) is 31.1 Å². The largest absolute Gasteiger partial charge is 0.363 e. The third-order valence-electron chi connectivity index (χ3n) is 3.70. The van der Waals surface area contributed by atoms with Crippen molar-refractivity contribution in [3.05, 3.63) is 24.2 Å². The molecule has 0 aliphatic carbocycles. The molecule has 3 rings (SSSR count). The molecule has 0 spiro atoms. The quantitative estimate of drug-likeness (QED) is 0.909. The molecule has 7 nitrogen and oxygen atoms in total. The highest BCUT2D eigenvalue weighted by molar-refractivity contribution is 5.85. The third-order valence-corrected chi connectivity index (χ3v) is 3.70. The summed E-state index contributed by atoms with van der Waals surface area (Å²) in [4.78, 5) is 13.0. The Morgan fingerprint density at radius 1 is 1.41 bits per heavy atom.